The summed E-state index contributed by atoms with van der Waals surface area (Å²) < 4.78 is 6.04. The standard InChI is InChI=1S/C35H33Cl3N4O2S/c1-4-40(5-2)26-13-10-24(11-14-26)20-29-23(3)39-42(32-9-7-6-8-30(32)37)35(29)41(34(43)22-45-35)27-15-17-28(18-16-27)44-33-19-12-25(36)21-31(33)38/h6-19,21,29H,4-5,20,22H2,1-3H3. The van der Waals surface area contributed by atoms with Crippen LogP contribution in [0.25, 0.3) is 0 Å². The average Bonchev–Trinajstić information content (AvgIpc) is 3.52. The highest BCUT2D eigenvalue weighted by Crippen LogP contribution is 2.54. The highest BCUT2D eigenvalue weighted by molar-refractivity contribution is 8.02. The Morgan fingerprint density at radius 1 is 0.933 bits per heavy atom. The minimum atomic E-state index is -0.869. The van der Waals surface area contributed by atoms with Gasteiger partial charge in [-0.05, 0) is 99.5 Å². The first kappa shape index (κ1) is 31.6. The van der Waals surface area contributed by atoms with Crippen molar-refractivity contribution < 1.29 is 9.53 Å². The first-order valence-corrected chi connectivity index (χ1v) is 17.0. The van der Waals surface area contributed by atoms with E-state index in [1.54, 1.807) is 30.0 Å². The topological polar surface area (TPSA) is 48.4 Å². The predicted octanol–water partition coefficient (Wildman–Crippen LogP) is 9.77. The number of benzene rings is 4. The molecule has 2 atom stereocenters. The molecule has 1 spiro atoms. The number of halogens is 3. The third-order valence-electron chi connectivity index (χ3n) is 8.30. The summed E-state index contributed by atoms with van der Waals surface area (Å²) in [6.07, 6.45) is 0.696. The van der Waals surface area contributed by atoms with Gasteiger partial charge in [-0.15, -0.1) is 0 Å². The maximum atomic E-state index is 13.9. The molecule has 6 rings (SSSR count). The van der Waals surface area contributed by atoms with Crippen LogP contribution in [0.15, 0.2) is 96.1 Å². The SMILES string of the molecule is CCN(CC)c1ccc(CC2C(C)=NN(c3ccccc3Cl)C23SCC(=O)N3c2ccc(Oc3ccc(Cl)cc3Cl)cc2)cc1. The summed E-state index contributed by atoms with van der Waals surface area (Å²) in [6.45, 7) is 8.27. The van der Waals surface area contributed by atoms with E-state index in [9.17, 15) is 4.79 Å². The van der Waals surface area contributed by atoms with E-state index in [0.29, 0.717) is 38.7 Å². The maximum Gasteiger partial charge on any atom is 0.239 e. The molecular weight excluding hydrogens is 647 g/mol. The molecule has 2 heterocycles. The van der Waals surface area contributed by atoms with Gasteiger partial charge in [-0.3, -0.25) is 9.69 Å². The zero-order chi connectivity index (χ0) is 31.7. The van der Waals surface area contributed by atoms with Crippen LogP contribution in [-0.4, -0.2) is 35.5 Å². The number of hydrazone groups is 1. The molecule has 45 heavy (non-hydrogen) atoms. The van der Waals surface area contributed by atoms with Gasteiger partial charge < -0.3 is 9.64 Å². The first-order chi connectivity index (χ1) is 21.7. The van der Waals surface area contributed by atoms with Crippen molar-refractivity contribution in [3.8, 4) is 11.5 Å². The Kier molecular flexibility index (Phi) is 9.25. The van der Waals surface area contributed by atoms with Crippen LogP contribution in [-0.2, 0) is 11.2 Å². The van der Waals surface area contributed by atoms with Crippen molar-refractivity contribution in [1.82, 2.24) is 0 Å². The molecule has 0 aliphatic carbocycles. The summed E-state index contributed by atoms with van der Waals surface area (Å²) in [5.41, 5.74) is 4.80. The lowest BCUT2D eigenvalue weighted by molar-refractivity contribution is -0.116. The quantitative estimate of drug-likeness (QED) is 0.176. The van der Waals surface area contributed by atoms with Crippen LogP contribution >= 0.6 is 46.6 Å². The lowest BCUT2D eigenvalue weighted by Gasteiger charge is -2.44. The molecule has 1 amide bonds. The summed E-state index contributed by atoms with van der Waals surface area (Å²) in [7, 11) is 0. The Hall–Kier alpha value is -3.36. The van der Waals surface area contributed by atoms with Crippen molar-refractivity contribution >= 4 is 75.2 Å². The van der Waals surface area contributed by atoms with E-state index in [2.05, 4.69) is 43.0 Å². The number of carbonyl (C=O) groups is 1. The van der Waals surface area contributed by atoms with E-state index < -0.39 is 4.99 Å². The Morgan fingerprint density at radius 2 is 1.64 bits per heavy atom. The van der Waals surface area contributed by atoms with Gasteiger partial charge in [0.05, 0.1) is 27.4 Å². The minimum Gasteiger partial charge on any atom is -0.456 e. The van der Waals surface area contributed by atoms with Gasteiger partial charge in [-0.2, -0.15) is 5.10 Å². The summed E-state index contributed by atoms with van der Waals surface area (Å²) >= 11 is 20.8. The molecule has 10 heteroatoms. The number of nitrogens with zero attached hydrogens (tertiary/aromatic N) is 4. The summed E-state index contributed by atoms with van der Waals surface area (Å²) in [5.74, 6) is 1.27. The molecule has 2 aliphatic heterocycles. The van der Waals surface area contributed by atoms with Crippen molar-refractivity contribution in [2.75, 3.05) is 33.7 Å². The smallest absolute Gasteiger partial charge is 0.239 e. The molecular formula is C35H33Cl3N4O2S. The Labute approximate surface area is 283 Å². The highest BCUT2D eigenvalue weighted by atomic mass is 35.5. The molecule has 6 nitrogen and oxygen atoms in total. The number of para-hydroxylation sites is 1. The normalized spacial score (nSPS) is 19.4. The number of hydrogen-bond donors (Lipinski definition) is 0. The number of rotatable bonds is 9. The number of amides is 1. The van der Waals surface area contributed by atoms with Crippen LogP contribution < -0.4 is 19.5 Å². The second kappa shape index (κ2) is 13.2. The maximum absolute atomic E-state index is 13.9. The second-order valence-corrected chi connectivity index (χ2v) is 13.4. The third-order valence-corrected chi connectivity index (χ3v) is 10.6. The van der Waals surface area contributed by atoms with Gasteiger partial charge in [0, 0.05) is 35.2 Å². The Morgan fingerprint density at radius 3 is 2.31 bits per heavy atom. The van der Waals surface area contributed by atoms with E-state index in [1.165, 1.54) is 11.3 Å². The van der Waals surface area contributed by atoms with Crippen LogP contribution in [0, 0.1) is 5.92 Å². The van der Waals surface area contributed by atoms with Crippen LogP contribution in [0.2, 0.25) is 15.1 Å². The molecule has 0 N–H and O–H groups in total. The number of ether oxygens (including phenoxy) is 1. The highest BCUT2D eigenvalue weighted by Gasteiger charge is 2.61. The van der Waals surface area contributed by atoms with Crippen LogP contribution in [0.3, 0.4) is 0 Å². The molecule has 0 radical (unpaired) electrons. The number of anilines is 3. The Balaban J connectivity index is 1.38. The van der Waals surface area contributed by atoms with E-state index >= 15 is 0 Å². The molecule has 1 saturated heterocycles. The number of thioether (sulfide) groups is 1. The molecule has 4 aromatic carbocycles. The fourth-order valence-corrected chi connectivity index (χ4v) is 8.26. The molecule has 0 aromatic heterocycles. The van der Waals surface area contributed by atoms with Gasteiger partial charge in [0.15, 0.2) is 4.99 Å². The second-order valence-electron chi connectivity index (χ2n) is 10.9. The van der Waals surface area contributed by atoms with Crippen LogP contribution in [0.5, 0.6) is 11.5 Å². The van der Waals surface area contributed by atoms with Crippen LogP contribution in [0.1, 0.15) is 26.3 Å². The fraction of sp³-hybridized carbons (Fsp3) is 0.257. The van der Waals surface area contributed by atoms with Gasteiger partial charge in [-0.1, -0.05) is 70.8 Å². The zero-order valence-electron chi connectivity index (χ0n) is 25.2. The Bertz CT molecular complexity index is 1730. The van der Waals surface area contributed by atoms with Crippen molar-refractivity contribution in [3.05, 3.63) is 112 Å². The minimum absolute atomic E-state index is 0.00162. The van der Waals surface area contributed by atoms with Gasteiger partial charge in [0.2, 0.25) is 5.91 Å². The molecule has 0 saturated carbocycles. The van der Waals surface area contributed by atoms with Gasteiger partial charge in [0.1, 0.15) is 11.5 Å². The lowest BCUT2D eigenvalue weighted by Crippen LogP contribution is -2.58. The van der Waals surface area contributed by atoms with E-state index in [4.69, 9.17) is 44.6 Å². The van der Waals surface area contributed by atoms with E-state index in [1.807, 2.05) is 65.4 Å². The summed E-state index contributed by atoms with van der Waals surface area (Å²) in [6, 6.07) is 29.0. The largest absolute Gasteiger partial charge is 0.456 e. The van der Waals surface area contributed by atoms with Gasteiger partial charge in [-0.25, -0.2) is 5.01 Å². The number of hydrogen-bond acceptors (Lipinski definition) is 6. The van der Waals surface area contributed by atoms with Crippen molar-refractivity contribution in [1.29, 1.82) is 0 Å². The zero-order valence-corrected chi connectivity index (χ0v) is 28.3. The predicted molar refractivity (Wildman–Crippen MR) is 190 cm³/mol. The van der Waals surface area contributed by atoms with E-state index in [-0.39, 0.29) is 11.8 Å². The first-order valence-electron chi connectivity index (χ1n) is 14.9. The monoisotopic (exact) mass is 678 g/mol. The molecule has 1 fully saturated rings. The molecule has 2 aliphatic rings. The van der Waals surface area contributed by atoms with Gasteiger partial charge >= 0.3 is 0 Å². The fourth-order valence-electron chi connectivity index (χ4n) is 6.08. The summed E-state index contributed by atoms with van der Waals surface area (Å²) in [4.78, 5) is 17.2. The molecule has 0 bridgehead atoms. The van der Waals surface area contributed by atoms with E-state index in [0.717, 1.165) is 30.2 Å². The third kappa shape index (κ3) is 5.99. The lowest BCUT2D eigenvalue weighted by atomic mass is 9.91. The van der Waals surface area contributed by atoms with Crippen molar-refractivity contribution in [2.24, 2.45) is 11.0 Å². The summed E-state index contributed by atoms with van der Waals surface area (Å²) in [5, 5.41) is 8.57. The molecule has 4 aromatic rings. The molecule has 2 unspecified atom stereocenters. The molecule has 232 valence electrons. The average molecular weight is 680 g/mol. The number of carbonyl (C=O) groups excluding carboxylic acids is 1. The van der Waals surface area contributed by atoms with Crippen LogP contribution in [0.4, 0.5) is 17.1 Å². The van der Waals surface area contributed by atoms with Gasteiger partial charge in [0.25, 0.3) is 0 Å². The van der Waals surface area contributed by atoms with Crippen molar-refractivity contribution in [2.45, 2.75) is 32.2 Å². The van der Waals surface area contributed by atoms with Crippen molar-refractivity contribution in [3.63, 3.8) is 0 Å².